The Morgan fingerprint density at radius 1 is 1.23 bits per heavy atom. The van der Waals surface area contributed by atoms with E-state index in [2.05, 4.69) is 32.0 Å². The van der Waals surface area contributed by atoms with Crippen molar-refractivity contribution in [2.24, 2.45) is 0 Å². The van der Waals surface area contributed by atoms with Gasteiger partial charge >= 0.3 is 0 Å². The van der Waals surface area contributed by atoms with Gasteiger partial charge in [0, 0.05) is 0 Å². The molecule has 70 valence electrons. The molecule has 0 nitrogen and oxygen atoms in total. The highest BCUT2D eigenvalue weighted by Crippen LogP contribution is 2.28. The average Bonchev–Trinajstić information content (AvgIpc) is 2.07. The predicted molar refractivity (Wildman–Crippen MR) is 57.2 cm³/mol. The van der Waals surface area contributed by atoms with E-state index in [0.717, 1.165) is 5.92 Å². The van der Waals surface area contributed by atoms with Gasteiger partial charge in [0.15, 0.2) is 0 Å². The normalized spacial score (nSPS) is 16.2. The van der Waals surface area contributed by atoms with E-state index in [9.17, 15) is 0 Å². The second-order valence-corrected chi connectivity index (χ2v) is 4.22. The number of benzene rings is 1. The van der Waals surface area contributed by atoms with Gasteiger partial charge in [-0.1, -0.05) is 38.5 Å². The molecule has 0 N–H and O–H groups in total. The van der Waals surface area contributed by atoms with E-state index in [4.69, 9.17) is 0 Å². The van der Waals surface area contributed by atoms with Crippen molar-refractivity contribution in [1.82, 2.24) is 0 Å². The third-order valence-electron chi connectivity index (χ3n) is 3.18. The lowest BCUT2D eigenvalue weighted by atomic mass is 9.84. The van der Waals surface area contributed by atoms with E-state index < -0.39 is 0 Å². The van der Waals surface area contributed by atoms with Crippen molar-refractivity contribution < 1.29 is 0 Å². The fourth-order valence-electron chi connectivity index (χ4n) is 2.12. The largest absolute Gasteiger partial charge is 0.0654 e. The summed E-state index contributed by atoms with van der Waals surface area (Å²) >= 11 is 0. The van der Waals surface area contributed by atoms with Crippen LogP contribution in [0.25, 0.3) is 0 Å². The van der Waals surface area contributed by atoms with E-state index in [1.807, 2.05) is 0 Å². The minimum absolute atomic E-state index is 0.746. The van der Waals surface area contributed by atoms with E-state index in [1.165, 1.54) is 25.7 Å². The monoisotopic (exact) mass is 174 g/mol. The van der Waals surface area contributed by atoms with Gasteiger partial charge in [0.05, 0.1) is 0 Å². The molecule has 1 aliphatic rings. The van der Waals surface area contributed by atoms with Gasteiger partial charge in [0.2, 0.25) is 0 Å². The molecular weight excluding hydrogens is 156 g/mol. The fourth-order valence-corrected chi connectivity index (χ4v) is 2.12. The molecular formula is C13H18. The Labute approximate surface area is 81.0 Å². The molecule has 13 heavy (non-hydrogen) atoms. The molecule has 1 aliphatic carbocycles. The SMILES string of the molecule is CCCC(C)c1ccc2c(c1)CC2. The highest BCUT2D eigenvalue weighted by molar-refractivity contribution is 5.39. The van der Waals surface area contributed by atoms with Crippen molar-refractivity contribution in [1.29, 1.82) is 0 Å². The Morgan fingerprint density at radius 3 is 2.54 bits per heavy atom. The fraction of sp³-hybridized carbons (Fsp3) is 0.538. The standard InChI is InChI=1S/C13H18/c1-3-4-10(2)12-7-5-11-6-8-13(11)9-12/h5,7,9-10H,3-4,6,8H2,1-2H3. The van der Waals surface area contributed by atoms with E-state index in [1.54, 1.807) is 16.7 Å². The summed E-state index contributed by atoms with van der Waals surface area (Å²) in [5, 5.41) is 0. The summed E-state index contributed by atoms with van der Waals surface area (Å²) in [6, 6.07) is 7.05. The Bertz CT molecular complexity index is 299. The van der Waals surface area contributed by atoms with Crippen molar-refractivity contribution in [2.75, 3.05) is 0 Å². The first-order valence-corrected chi connectivity index (χ1v) is 5.43. The summed E-state index contributed by atoms with van der Waals surface area (Å²) in [7, 11) is 0. The van der Waals surface area contributed by atoms with Gasteiger partial charge in [-0.2, -0.15) is 0 Å². The molecule has 0 saturated heterocycles. The Balaban J connectivity index is 2.16. The Morgan fingerprint density at radius 2 is 2.00 bits per heavy atom. The van der Waals surface area contributed by atoms with Gasteiger partial charge in [0.1, 0.15) is 0 Å². The highest BCUT2D eigenvalue weighted by atomic mass is 14.2. The summed E-state index contributed by atoms with van der Waals surface area (Å²) < 4.78 is 0. The molecule has 0 aromatic heterocycles. The first-order valence-electron chi connectivity index (χ1n) is 5.43. The third-order valence-corrected chi connectivity index (χ3v) is 3.18. The second kappa shape index (κ2) is 3.53. The van der Waals surface area contributed by atoms with Crippen LogP contribution < -0.4 is 0 Å². The van der Waals surface area contributed by atoms with Crippen LogP contribution in [0.2, 0.25) is 0 Å². The van der Waals surface area contributed by atoms with Gasteiger partial charge in [-0.3, -0.25) is 0 Å². The van der Waals surface area contributed by atoms with Crippen molar-refractivity contribution in [2.45, 2.75) is 45.4 Å². The first kappa shape index (κ1) is 8.80. The maximum atomic E-state index is 2.42. The molecule has 0 amide bonds. The zero-order valence-electron chi connectivity index (χ0n) is 8.64. The zero-order chi connectivity index (χ0) is 9.26. The van der Waals surface area contributed by atoms with Gasteiger partial charge in [-0.05, 0) is 41.9 Å². The summed E-state index contributed by atoms with van der Waals surface area (Å²) in [5.41, 5.74) is 4.72. The summed E-state index contributed by atoms with van der Waals surface area (Å²) in [6.07, 6.45) is 5.22. The van der Waals surface area contributed by atoms with Gasteiger partial charge in [-0.15, -0.1) is 0 Å². The predicted octanol–water partition coefficient (Wildman–Crippen LogP) is 3.69. The topological polar surface area (TPSA) is 0 Å². The maximum absolute atomic E-state index is 2.42. The van der Waals surface area contributed by atoms with Gasteiger partial charge in [-0.25, -0.2) is 0 Å². The lowest BCUT2D eigenvalue weighted by molar-refractivity contribution is 0.661. The van der Waals surface area contributed by atoms with E-state index >= 15 is 0 Å². The molecule has 0 spiro atoms. The minimum atomic E-state index is 0.746. The van der Waals surface area contributed by atoms with Crippen LogP contribution in [0, 0.1) is 0 Å². The quantitative estimate of drug-likeness (QED) is 0.655. The van der Waals surface area contributed by atoms with Crippen LogP contribution in [0.1, 0.15) is 49.3 Å². The molecule has 0 bridgehead atoms. The molecule has 1 atom stereocenters. The molecule has 1 aromatic carbocycles. The maximum Gasteiger partial charge on any atom is -0.0190 e. The summed E-state index contributed by atoms with van der Waals surface area (Å²) in [4.78, 5) is 0. The van der Waals surface area contributed by atoms with Crippen LogP contribution in [0.3, 0.4) is 0 Å². The smallest absolute Gasteiger partial charge is 0.0190 e. The third kappa shape index (κ3) is 1.63. The Hall–Kier alpha value is -0.780. The highest BCUT2D eigenvalue weighted by Gasteiger charge is 2.14. The minimum Gasteiger partial charge on any atom is -0.0654 e. The molecule has 0 aliphatic heterocycles. The van der Waals surface area contributed by atoms with Crippen molar-refractivity contribution in [3.8, 4) is 0 Å². The number of aryl methyl sites for hydroxylation is 2. The van der Waals surface area contributed by atoms with Crippen LogP contribution in [0.5, 0.6) is 0 Å². The molecule has 0 fully saturated rings. The van der Waals surface area contributed by atoms with Crippen LogP contribution in [0.15, 0.2) is 18.2 Å². The number of fused-ring (bicyclic) bond motifs is 1. The zero-order valence-corrected chi connectivity index (χ0v) is 8.64. The molecule has 0 radical (unpaired) electrons. The molecule has 1 aromatic rings. The van der Waals surface area contributed by atoms with Crippen molar-refractivity contribution in [3.05, 3.63) is 34.9 Å². The second-order valence-electron chi connectivity index (χ2n) is 4.22. The first-order chi connectivity index (χ1) is 6.31. The van der Waals surface area contributed by atoms with Gasteiger partial charge in [0.25, 0.3) is 0 Å². The lowest BCUT2D eigenvalue weighted by Gasteiger charge is -2.21. The van der Waals surface area contributed by atoms with Crippen LogP contribution in [-0.2, 0) is 12.8 Å². The number of rotatable bonds is 3. The average molecular weight is 174 g/mol. The lowest BCUT2D eigenvalue weighted by Crippen LogP contribution is -2.09. The molecule has 0 heterocycles. The van der Waals surface area contributed by atoms with Gasteiger partial charge < -0.3 is 0 Å². The van der Waals surface area contributed by atoms with E-state index in [-0.39, 0.29) is 0 Å². The number of hydrogen-bond acceptors (Lipinski definition) is 0. The molecule has 0 heteroatoms. The Kier molecular flexibility index (Phi) is 2.39. The van der Waals surface area contributed by atoms with Crippen LogP contribution >= 0.6 is 0 Å². The molecule has 0 saturated carbocycles. The molecule has 2 rings (SSSR count). The van der Waals surface area contributed by atoms with E-state index in [0.29, 0.717) is 0 Å². The van der Waals surface area contributed by atoms with Crippen molar-refractivity contribution in [3.63, 3.8) is 0 Å². The number of hydrogen-bond donors (Lipinski definition) is 0. The molecule has 1 unspecified atom stereocenters. The summed E-state index contributed by atoms with van der Waals surface area (Å²) in [5.74, 6) is 0.746. The summed E-state index contributed by atoms with van der Waals surface area (Å²) in [6.45, 7) is 4.60. The van der Waals surface area contributed by atoms with Crippen LogP contribution in [0.4, 0.5) is 0 Å². The van der Waals surface area contributed by atoms with Crippen molar-refractivity contribution >= 4 is 0 Å². The van der Waals surface area contributed by atoms with Crippen LogP contribution in [-0.4, -0.2) is 0 Å².